The van der Waals surface area contributed by atoms with Crippen molar-refractivity contribution in [3.05, 3.63) is 23.9 Å². The highest BCUT2D eigenvalue weighted by atomic mass is 16.6. The van der Waals surface area contributed by atoms with E-state index in [2.05, 4.69) is 4.98 Å². The van der Waals surface area contributed by atoms with Gasteiger partial charge in [-0.05, 0) is 26.3 Å². The fourth-order valence-corrected chi connectivity index (χ4v) is 1.34. The van der Waals surface area contributed by atoms with Gasteiger partial charge in [0.1, 0.15) is 12.2 Å². The summed E-state index contributed by atoms with van der Waals surface area (Å²) in [6.45, 7) is 6.73. The van der Waals surface area contributed by atoms with Gasteiger partial charge in [0, 0.05) is 25.9 Å². The zero-order valence-corrected chi connectivity index (χ0v) is 12.5. The number of hydrogen-bond donors (Lipinski definition) is 1. The molecule has 0 saturated heterocycles. The second-order valence-electron chi connectivity index (χ2n) is 5.46. The Kier molecular flexibility index (Phi) is 5.76. The van der Waals surface area contributed by atoms with Crippen molar-refractivity contribution in [2.24, 2.45) is 5.73 Å². The van der Waals surface area contributed by atoms with E-state index in [-0.39, 0.29) is 6.09 Å². The van der Waals surface area contributed by atoms with Crippen molar-refractivity contribution in [2.75, 3.05) is 20.2 Å². The molecule has 1 heterocycles. The van der Waals surface area contributed by atoms with Crippen LogP contribution in [0.25, 0.3) is 0 Å². The van der Waals surface area contributed by atoms with Crippen molar-refractivity contribution < 1.29 is 14.3 Å². The first-order chi connectivity index (χ1) is 9.31. The second kappa shape index (κ2) is 7.09. The molecule has 1 rings (SSSR count). The molecule has 0 fully saturated rings. The third-order valence-electron chi connectivity index (χ3n) is 2.42. The lowest BCUT2D eigenvalue weighted by molar-refractivity contribution is 0.0277. The molecule has 0 aliphatic heterocycles. The van der Waals surface area contributed by atoms with Crippen molar-refractivity contribution in [3.63, 3.8) is 0 Å². The monoisotopic (exact) mass is 281 g/mol. The summed E-state index contributed by atoms with van der Waals surface area (Å²) in [5.41, 5.74) is 5.94. The van der Waals surface area contributed by atoms with Crippen LogP contribution in [-0.2, 0) is 11.3 Å². The average Bonchev–Trinajstić information content (AvgIpc) is 2.37. The molecule has 0 radical (unpaired) electrons. The lowest BCUT2D eigenvalue weighted by Crippen LogP contribution is -2.36. The van der Waals surface area contributed by atoms with E-state index in [4.69, 9.17) is 15.2 Å². The molecular weight excluding hydrogens is 258 g/mol. The summed E-state index contributed by atoms with van der Waals surface area (Å²) in [6.07, 6.45) is 1.31. The highest BCUT2D eigenvalue weighted by Crippen LogP contribution is 2.10. The molecule has 0 atom stereocenters. The maximum atomic E-state index is 11.7. The van der Waals surface area contributed by atoms with E-state index in [0.29, 0.717) is 25.6 Å². The molecule has 0 aliphatic carbocycles. The highest BCUT2D eigenvalue weighted by Gasteiger charge is 2.19. The van der Waals surface area contributed by atoms with E-state index >= 15 is 0 Å². The van der Waals surface area contributed by atoms with Crippen molar-refractivity contribution in [1.29, 1.82) is 0 Å². The zero-order valence-electron chi connectivity index (χ0n) is 12.5. The predicted molar refractivity (Wildman–Crippen MR) is 76.5 cm³/mol. The first-order valence-electron chi connectivity index (χ1n) is 6.54. The molecule has 0 aromatic carbocycles. The summed E-state index contributed by atoms with van der Waals surface area (Å²) in [4.78, 5) is 17.3. The summed E-state index contributed by atoms with van der Waals surface area (Å²) in [5, 5.41) is 0. The van der Waals surface area contributed by atoms with Gasteiger partial charge in [0.25, 0.3) is 0 Å². The number of likely N-dealkylation sites (N-methyl/N-ethyl adjacent to an activating group) is 1. The largest absolute Gasteiger partial charge is 0.476 e. The number of carbonyl (C=O) groups excluding carboxylic acids is 1. The van der Waals surface area contributed by atoms with Crippen LogP contribution in [0.2, 0.25) is 0 Å². The Morgan fingerprint density at radius 1 is 1.40 bits per heavy atom. The Morgan fingerprint density at radius 2 is 2.10 bits per heavy atom. The summed E-state index contributed by atoms with van der Waals surface area (Å²) in [5.74, 6) is 0.514. The van der Waals surface area contributed by atoms with Gasteiger partial charge in [0.05, 0.1) is 6.54 Å². The van der Waals surface area contributed by atoms with Crippen molar-refractivity contribution in [1.82, 2.24) is 9.88 Å². The molecule has 1 amide bonds. The van der Waals surface area contributed by atoms with Crippen molar-refractivity contribution in [3.8, 4) is 5.88 Å². The Bertz CT molecular complexity index is 426. The number of pyridine rings is 1. The van der Waals surface area contributed by atoms with Crippen LogP contribution in [-0.4, -0.2) is 41.8 Å². The zero-order chi connectivity index (χ0) is 15.2. The van der Waals surface area contributed by atoms with Crippen LogP contribution in [0.5, 0.6) is 5.88 Å². The molecular formula is C14H23N3O3. The van der Waals surface area contributed by atoms with E-state index in [0.717, 1.165) is 5.56 Å². The van der Waals surface area contributed by atoms with Gasteiger partial charge in [-0.1, -0.05) is 6.07 Å². The van der Waals surface area contributed by atoms with E-state index in [1.54, 1.807) is 19.3 Å². The van der Waals surface area contributed by atoms with Gasteiger partial charge in [-0.25, -0.2) is 9.78 Å². The quantitative estimate of drug-likeness (QED) is 0.890. The van der Waals surface area contributed by atoms with Crippen molar-refractivity contribution in [2.45, 2.75) is 32.9 Å². The predicted octanol–water partition coefficient (Wildman–Crippen LogP) is 1.79. The molecule has 1 aromatic rings. The van der Waals surface area contributed by atoms with Gasteiger partial charge >= 0.3 is 6.09 Å². The molecule has 0 bridgehead atoms. The number of hydrogen-bond acceptors (Lipinski definition) is 5. The molecule has 2 N–H and O–H groups in total. The Labute approximate surface area is 119 Å². The maximum Gasteiger partial charge on any atom is 0.410 e. The Morgan fingerprint density at radius 3 is 2.60 bits per heavy atom. The van der Waals surface area contributed by atoms with E-state index in [9.17, 15) is 4.79 Å². The van der Waals surface area contributed by atoms with Gasteiger partial charge in [-0.15, -0.1) is 0 Å². The van der Waals surface area contributed by atoms with Crippen LogP contribution in [0, 0.1) is 0 Å². The smallest absolute Gasteiger partial charge is 0.410 e. The fourth-order valence-electron chi connectivity index (χ4n) is 1.34. The summed E-state index contributed by atoms with van der Waals surface area (Å²) in [6, 6.07) is 3.62. The van der Waals surface area contributed by atoms with E-state index < -0.39 is 5.60 Å². The normalized spacial score (nSPS) is 11.1. The lowest BCUT2D eigenvalue weighted by atomic mass is 10.2. The number of ether oxygens (including phenoxy) is 2. The standard InChI is InChI=1S/C14H23N3O3/c1-14(2,3)20-13(18)17(4)7-8-19-12-6-5-11(9-15)10-16-12/h5-6,10H,7-9,15H2,1-4H3. The number of carbonyl (C=O) groups is 1. The highest BCUT2D eigenvalue weighted by molar-refractivity contribution is 5.67. The molecule has 6 nitrogen and oxygen atoms in total. The Hall–Kier alpha value is -1.82. The number of amides is 1. The van der Waals surface area contributed by atoms with E-state index in [1.807, 2.05) is 26.8 Å². The fraction of sp³-hybridized carbons (Fsp3) is 0.571. The number of aromatic nitrogens is 1. The lowest BCUT2D eigenvalue weighted by Gasteiger charge is -2.24. The van der Waals surface area contributed by atoms with Gasteiger partial charge in [-0.2, -0.15) is 0 Å². The summed E-state index contributed by atoms with van der Waals surface area (Å²) < 4.78 is 10.7. The molecule has 20 heavy (non-hydrogen) atoms. The first-order valence-corrected chi connectivity index (χ1v) is 6.54. The average molecular weight is 281 g/mol. The Balaban J connectivity index is 2.34. The summed E-state index contributed by atoms with van der Waals surface area (Å²) in [7, 11) is 1.67. The van der Waals surface area contributed by atoms with Crippen LogP contribution in [0.3, 0.4) is 0 Å². The molecule has 0 spiro atoms. The topological polar surface area (TPSA) is 77.7 Å². The summed E-state index contributed by atoms with van der Waals surface area (Å²) >= 11 is 0. The number of rotatable bonds is 5. The van der Waals surface area contributed by atoms with Gasteiger partial charge in [0.15, 0.2) is 0 Å². The minimum absolute atomic E-state index is 0.352. The van der Waals surface area contributed by atoms with Crippen LogP contribution in [0.15, 0.2) is 18.3 Å². The molecule has 6 heteroatoms. The van der Waals surface area contributed by atoms with Crippen LogP contribution in [0.4, 0.5) is 4.79 Å². The second-order valence-corrected chi connectivity index (χ2v) is 5.46. The first kappa shape index (κ1) is 16.2. The van der Waals surface area contributed by atoms with Crippen LogP contribution in [0.1, 0.15) is 26.3 Å². The maximum absolute atomic E-state index is 11.7. The van der Waals surface area contributed by atoms with Gasteiger partial charge in [-0.3, -0.25) is 0 Å². The number of nitrogens with two attached hydrogens (primary N) is 1. The molecule has 0 aliphatic rings. The van der Waals surface area contributed by atoms with Crippen LogP contribution >= 0.6 is 0 Å². The number of nitrogens with zero attached hydrogens (tertiary/aromatic N) is 2. The molecule has 0 unspecified atom stereocenters. The molecule has 1 aromatic heterocycles. The molecule has 0 saturated carbocycles. The third kappa shape index (κ3) is 5.88. The van der Waals surface area contributed by atoms with Crippen LogP contribution < -0.4 is 10.5 Å². The SMILES string of the molecule is CN(CCOc1ccc(CN)cn1)C(=O)OC(C)(C)C. The van der Waals surface area contributed by atoms with Gasteiger partial charge in [0.2, 0.25) is 5.88 Å². The van der Waals surface area contributed by atoms with E-state index in [1.165, 1.54) is 4.90 Å². The minimum atomic E-state index is -0.494. The third-order valence-corrected chi connectivity index (χ3v) is 2.42. The van der Waals surface area contributed by atoms with Crippen molar-refractivity contribution >= 4 is 6.09 Å². The molecule has 112 valence electrons. The van der Waals surface area contributed by atoms with Gasteiger partial charge < -0.3 is 20.1 Å². The minimum Gasteiger partial charge on any atom is -0.476 e.